The van der Waals surface area contributed by atoms with Crippen molar-refractivity contribution in [3.63, 3.8) is 0 Å². The number of benzene rings is 2. The standard InChI is InChI=1S/C21H13ClO4S/c1-12-8-9-16-14(11-12)18(23)20(26-21(24)17-7-4-10-27-17)19(25-16)13-5-2-3-6-15(13)22/h2-11H,1H3. The molecule has 0 radical (unpaired) electrons. The average molecular weight is 397 g/mol. The molecule has 134 valence electrons. The molecule has 0 saturated carbocycles. The number of fused-ring (bicyclic) bond motifs is 1. The average Bonchev–Trinajstić information content (AvgIpc) is 3.20. The summed E-state index contributed by atoms with van der Waals surface area (Å²) in [6.45, 7) is 1.87. The fraction of sp³-hybridized carbons (Fsp3) is 0.0476. The minimum Gasteiger partial charge on any atom is -0.452 e. The Kier molecular flexibility index (Phi) is 4.56. The van der Waals surface area contributed by atoms with E-state index in [2.05, 4.69) is 0 Å². The molecular weight excluding hydrogens is 384 g/mol. The minimum atomic E-state index is -0.613. The highest BCUT2D eigenvalue weighted by molar-refractivity contribution is 7.12. The van der Waals surface area contributed by atoms with Crippen LogP contribution in [0.5, 0.6) is 5.75 Å². The van der Waals surface area contributed by atoms with E-state index < -0.39 is 11.4 Å². The van der Waals surface area contributed by atoms with E-state index in [-0.39, 0.29) is 11.5 Å². The van der Waals surface area contributed by atoms with Gasteiger partial charge in [0.1, 0.15) is 10.5 Å². The van der Waals surface area contributed by atoms with Gasteiger partial charge in [0, 0.05) is 5.56 Å². The summed E-state index contributed by atoms with van der Waals surface area (Å²) in [5.74, 6) is -0.649. The number of ether oxygens (including phenoxy) is 1. The molecule has 27 heavy (non-hydrogen) atoms. The van der Waals surface area contributed by atoms with E-state index in [0.717, 1.165) is 5.56 Å². The molecule has 4 rings (SSSR count). The van der Waals surface area contributed by atoms with E-state index in [0.29, 0.717) is 26.4 Å². The zero-order valence-corrected chi connectivity index (χ0v) is 15.8. The van der Waals surface area contributed by atoms with Crippen LogP contribution in [0.2, 0.25) is 5.02 Å². The lowest BCUT2D eigenvalue weighted by Crippen LogP contribution is -2.15. The van der Waals surface area contributed by atoms with Gasteiger partial charge in [-0.25, -0.2) is 4.79 Å². The van der Waals surface area contributed by atoms with Crippen molar-refractivity contribution < 1.29 is 13.9 Å². The number of aryl methyl sites for hydroxylation is 1. The van der Waals surface area contributed by atoms with Crippen LogP contribution in [0.15, 0.2) is 69.2 Å². The minimum absolute atomic E-state index is 0.131. The topological polar surface area (TPSA) is 56.5 Å². The Morgan fingerprint density at radius 2 is 1.93 bits per heavy atom. The zero-order chi connectivity index (χ0) is 19.0. The fourth-order valence-corrected chi connectivity index (χ4v) is 3.57. The Morgan fingerprint density at radius 3 is 2.67 bits per heavy atom. The molecule has 0 atom stereocenters. The highest BCUT2D eigenvalue weighted by atomic mass is 35.5. The Bertz CT molecular complexity index is 1210. The first-order chi connectivity index (χ1) is 13.0. The smallest absolute Gasteiger partial charge is 0.353 e. The summed E-state index contributed by atoms with van der Waals surface area (Å²) >= 11 is 7.53. The summed E-state index contributed by atoms with van der Waals surface area (Å²) in [7, 11) is 0. The molecule has 0 saturated heterocycles. The molecule has 2 aromatic heterocycles. The van der Waals surface area contributed by atoms with Gasteiger partial charge in [-0.3, -0.25) is 4.79 Å². The second-order valence-corrected chi connectivity index (χ2v) is 7.29. The van der Waals surface area contributed by atoms with E-state index >= 15 is 0 Å². The number of thiophene rings is 1. The van der Waals surface area contributed by atoms with Crippen LogP contribution < -0.4 is 10.2 Å². The van der Waals surface area contributed by atoms with Crippen molar-refractivity contribution in [2.75, 3.05) is 0 Å². The second kappa shape index (κ2) is 7.02. The van der Waals surface area contributed by atoms with Crippen LogP contribution in [0.3, 0.4) is 0 Å². The highest BCUT2D eigenvalue weighted by Gasteiger charge is 2.23. The normalized spacial score (nSPS) is 10.9. The number of hydrogen-bond acceptors (Lipinski definition) is 5. The van der Waals surface area contributed by atoms with Gasteiger partial charge in [-0.05, 0) is 42.6 Å². The molecule has 0 fully saturated rings. The Morgan fingerprint density at radius 1 is 1.11 bits per heavy atom. The fourth-order valence-electron chi connectivity index (χ4n) is 2.75. The summed E-state index contributed by atoms with van der Waals surface area (Å²) in [6.07, 6.45) is 0. The van der Waals surface area contributed by atoms with E-state index in [1.807, 2.05) is 13.0 Å². The summed E-state index contributed by atoms with van der Waals surface area (Å²) in [4.78, 5) is 26.0. The molecule has 0 spiro atoms. The lowest BCUT2D eigenvalue weighted by molar-refractivity contribution is 0.0736. The lowest BCUT2D eigenvalue weighted by Gasteiger charge is -2.11. The molecule has 2 heterocycles. The van der Waals surface area contributed by atoms with Crippen LogP contribution in [0.25, 0.3) is 22.3 Å². The van der Waals surface area contributed by atoms with Gasteiger partial charge in [0.2, 0.25) is 11.2 Å². The first-order valence-electron chi connectivity index (χ1n) is 8.12. The molecule has 2 aromatic carbocycles. The zero-order valence-electron chi connectivity index (χ0n) is 14.2. The number of esters is 1. The molecule has 0 aliphatic rings. The number of halogens is 1. The van der Waals surface area contributed by atoms with E-state index in [1.54, 1.807) is 53.9 Å². The SMILES string of the molecule is Cc1ccc2oc(-c3ccccc3Cl)c(OC(=O)c3cccs3)c(=O)c2c1. The van der Waals surface area contributed by atoms with Crippen LogP contribution in [0.4, 0.5) is 0 Å². The van der Waals surface area contributed by atoms with Gasteiger partial charge in [0.25, 0.3) is 0 Å². The van der Waals surface area contributed by atoms with E-state index in [1.165, 1.54) is 11.3 Å². The Labute approximate surface area is 163 Å². The molecule has 0 amide bonds. The predicted molar refractivity (Wildman–Crippen MR) is 107 cm³/mol. The Hall–Kier alpha value is -2.89. The third-order valence-corrected chi connectivity index (χ3v) is 5.22. The number of rotatable bonds is 3. The maximum atomic E-state index is 13.1. The first kappa shape index (κ1) is 17.5. The van der Waals surface area contributed by atoms with Crippen LogP contribution in [0, 0.1) is 6.92 Å². The summed E-state index contributed by atoms with van der Waals surface area (Å²) < 4.78 is 11.4. The largest absolute Gasteiger partial charge is 0.452 e. The third kappa shape index (κ3) is 3.27. The molecule has 4 nitrogen and oxygen atoms in total. The van der Waals surface area contributed by atoms with Gasteiger partial charge in [-0.2, -0.15) is 0 Å². The predicted octanol–water partition coefficient (Wildman–Crippen LogP) is 5.70. The first-order valence-corrected chi connectivity index (χ1v) is 9.38. The van der Waals surface area contributed by atoms with Crippen LogP contribution in [-0.4, -0.2) is 5.97 Å². The van der Waals surface area contributed by atoms with Gasteiger partial charge in [-0.1, -0.05) is 41.4 Å². The van der Waals surface area contributed by atoms with Crippen molar-refractivity contribution in [2.24, 2.45) is 0 Å². The molecule has 0 unspecified atom stereocenters. The van der Waals surface area contributed by atoms with Crippen molar-refractivity contribution in [3.8, 4) is 17.1 Å². The Balaban J connectivity index is 1.97. The molecular formula is C21H13ClO4S. The van der Waals surface area contributed by atoms with Gasteiger partial charge in [0.05, 0.1) is 10.4 Å². The molecule has 0 bridgehead atoms. The van der Waals surface area contributed by atoms with Gasteiger partial charge in [0.15, 0.2) is 5.76 Å². The van der Waals surface area contributed by atoms with Crippen molar-refractivity contribution in [3.05, 3.63) is 85.7 Å². The van der Waals surface area contributed by atoms with E-state index in [9.17, 15) is 9.59 Å². The number of hydrogen-bond donors (Lipinski definition) is 0. The number of carbonyl (C=O) groups is 1. The van der Waals surface area contributed by atoms with Crippen molar-refractivity contribution in [2.45, 2.75) is 6.92 Å². The molecule has 6 heteroatoms. The quantitative estimate of drug-likeness (QED) is 0.416. The second-order valence-electron chi connectivity index (χ2n) is 5.94. The van der Waals surface area contributed by atoms with Crippen molar-refractivity contribution in [1.82, 2.24) is 0 Å². The van der Waals surface area contributed by atoms with Gasteiger partial charge < -0.3 is 9.15 Å². The maximum absolute atomic E-state index is 13.1. The number of carbonyl (C=O) groups excluding carboxylic acids is 1. The van der Waals surface area contributed by atoms with Crippen LogP contribution in [-0.2, 0) is 0 Å². The summed E-state index contributed by atoms with van der Waals surface area (Å²) in [5.41, 5.74) is 1.36. The van der Waals surface area contributed by atoms with Gasteiger partial charge in [-0.15, -0.1) is 11.3 Å². The summed E-state index contributed by atoms with van der Waals surface area (Å²) in [5, 5.41) is 2.50. The van der Waals surface area contributed by atoms with Crippen molar-refractivity contribution >= 4 is 39.9 Å². The third-order valence-electron chi connectivity index (χ3n) is 4.04. The van der Waals surface area contributed by atoms with Crippen LogP contribution in [0.1, 0.15) is 15.2 Å². The highest BCUT2D eigenvalue weighted by Crippen LogP contribution is 2.35. The lowest BCUT2D eigenvalue weighted by atomic mass is 10.1. The monoisotopic (exact) mass is 396 g/mol. The van der Waals surface area contributed by atoms with E-state index in [4.69, 9.17) is 20.8 Å². The molecule has 0 aliphatic heterocycles. The van der Waals surface area contributed by atoms with Gasteiger partial charge >= 0.3 is 5.97 Å². The van der Waals surface area contributed by atoms with Crippen LogP contribution >= 0.6 is 22.9 Å². The van der Waals surface area contributed by atoms with Crippen molar-refractivity contribution in [1.29, 1.82) is 0 Å². The summed E-state index contributed by atoms with van der Waals surface area (Å²) in [6, 6.07) is 15.6. The maximum Gasteiger partial charge on any atom is 0.353 e. The molecule has 0 N–H and O–H groups in total. The molecule has 0 aliphatic carbocycles. The molecule has 4 aromatic rings.